The molecule has 2 aliphatic rings. The van der Waals surface area contributed by atoms with E-state index in [-0.39, 0.29) is 43.0 Å². The molecular formula is C30H38FN3O3. The molecule has 0 radical (unpaired) electrons. The Morgan fingerprint density at radius 3 is 2.27 bits per heavy atom. The number of amides is 3. The fraction of sp³-hybridized carbons (Fsp3) is 0.500. The van der Waals surface area contributed by atoms with Gasteiger partial charge in [-0.3, -0.25) is 14.4 Å². The van der Waals surface area contributed by atoms with Crippen molar-refractivity contribution in [1.82, 2.24) is 15.1 Å². The van der Waals surface area contributed by atoms with Gasteiger partial charge >= 0.3 is 0 Å². The third-order valence-electron chi connectivity index (χ3n) is 7.66. The Hall–Kier alpha value is -3.22. The van der Waals surface area contributed by atoms with Crippen LogP contribution in [0.25, 0.3) is 0 Å². The summed E-state index contributed by atoms with van der Waals surface area (Å²) in [5.74, 6) is -0.126. The third kappa shape index (κ3) is 6.56. The van der Waals surface area contributed by atoms with E-state index in [1.54, 1.807) is 4.90 Å². The number of likely N-dealkylation sites (tertiary alicyclic amines) is 2. The molecule has 2 aromatic rings. The molecule has 0 spiro atoms. The lowest BCUT2D eigenvalue weighted by molar-refractivity contribution is -0.140. The zero-order valence-electron chi connectivity index (χ0n) is 22.0. The first-order valence-corrected chi connectivity index (χ1v) is 13.4. The molecule has 2 heterocycles. The van der Waals surface area contributed by atoms with E-state index in [1.807, 2.05) is 42.5 Å². The third-order valence-corrected chi connectivity index (χ3v) is 7.66. The highest BCUT2D eigenvalue weighted by molar-refractivity contribution is 5.89. The molecule has 4 unspecified atom stereocenters. The number of hydrogen-bond acceptors (Lipinski definition) is 3. The van der Waals surface area contributed by atoms with Gasteiger partial charge in [-0.25, -0.2) is 4.39 Å². The van der Waals surface area contributed by atoms with Crippen molar-refractivity contribution >= 4 is 17.7 Å². The highest BCUT2D eigenvalue weighted by atomic mass is 19.1. The maximum absolute atomic E-state index is 14.6. The van der Waals surface area contributed by atoms with Crippen molar-refractivity contribution in [3.05, 3.63) is 71.3 Å². The van der Waals surface area contributed by atoms with Crippen molar-refractivity contribution in [2.45, 2.75) is 70.6 Å². The first kappa shape index (κ1) is 26.8. The summed E-state index contributed by atoms with van der Waals surface area (Å²) in [5, 5.41) is 3.12. The summed E-state index contributed by atoms with van der Waals surface area (Å²) in [7, 11) is 0. The summed E-state index contributed by atoms with van der Waals surface area (Å²) in [5.41, 5.74) is 3.07. The number of nitrogens with zero attached hydrogens (tertiary/aromatic N) is 2. The van der Waals surface area contributed by atoms with E-state index in [4.69, 9.17) is 0 Å². The molecule has 3 amide bonds. The molecule has 6 nitrogen and oxygen atoms in total. The summed E-state index contributed by atoms with van der Waals surface area (Å²) >= 11 is 0. The van der Waals surface area contributed by atoms with Gasteiger partial charge in [-0.15, -0.1) is 0 Å². The smallest absolute Gasteiger partial charge is 0.243 e. The Balaban J connectivity index is 1.49. The number of alkyl halides is 1. The van der Waals surface area contributed by atoms with Crippen molar-refractivity contribution < 1.29 is 18.8 Å². The molecule has 37 heavy (non-hydrogen) atoms. The maximum Gasteiger partial charge on any atom is 0.243 e. The fourth-order valence-corrected chi connectivity index (χ4v) is 5.51. The molecule has 1 N–H and O–H groups in total. The summed E-state index contributed by atoms with van der Waals surface area (Å²) in [6.07, 6.45) is 0.679. The van der Waals surface area contributed by atoms with E-state index in [0.717, 1.165) is 24.0 Å². The van der Waals surface area contributed by atoms with Crippen molar-refractivity contribution in [3.63, 3.8) is 0 Å². The molecule has 0 saturated carbocycles. The molecule has 7 heteroatoms. The maximum atomic E-state index is 14.6. The van der Waals surface area contributed by atoms with Gasteiger partial charge in [-0.05, 0) is 41.4 Å². The van der Waals surface area contributed by atoms with E-state index in [9.17, 15) is 18.8 Å². The average molecular weight is 508 g/mol. The highest BCUT2D eigenvalue weighted by Gasteiger charge is 2.41. The van der Waals surface area contributed by atoms with Crippen molar-refractivity contribution in [2.24, 2.45) is 5.92 Å². The molecule has 2 saturated heterocycles. The van der Waals surface area contributed by atoms with Crippen LogP contribution in [0.15, 0.2) is 54.6 Å². The predicted molar refractivity (Wildman–Crippen MR) is 142 cm³/mol. The normalized spacial score (nSPS) is 22.7. The first-order chi connectivity index (χ1) is 17.7. The fourth-order valence-electron chi connectivity index (χ4n) is 5.51. The monoisotopic (exact) mass is 507 g/mol. The van der Waals surface area contributed by atoms with Gasteiger partial charge in [-0.1, -0.05) is 68.4 Å². The molecule has 2 aliphatic heterocycles. The largest absolute Gasteiger partial charge is 0.343 e. The van der Waals surface area contributed by atoms with Gasteiger partial charge in [0, 0.05) is 32.9 Å². The topological polar surface area (TPSA) is 69.7 Å². The number of hydrogen-bond donors (Lipinski definition) is 1. The van der Waals surface area contributed by atoms with Gasteiger partial charge in [0.15, 0.2) is 0 Å². The standard InChI is InChI=1S/C30H38FN3O3/c1-20(2)23-11-13-25(14-12-23)29(24-9-5-4-6-10-24)32-30(37)27-17-26(31)19-34(27)28(36)16-22-8-7-15-33(18-22)21(3)35/h4-6,9-14,20,22,26-27,29H,7-8,15-19H2,1-3H3,(H,32,37). The molecule has 2 aromatic carbocycles. The predicted octanol–water partition coefficient (Wildman–Crippen LogP) is 4.60. The van der Waals surface area contributed by atoms with Crippen LogP contribution in [0, 0.1) is 5.92 Å². The van der Waals surface area contributed by atoms with Gasteiger partial charge in [-0.2, -0.15) is 0 Å². The van der Waals surface area contributed by atoms with E-state index in [2.05, 4.69) is 31.3 Å². The van der Waals surface area contributed by atoms with Crippen LogP contribution in [0.2, 0.25) is 0 Å². The first-order valence-electron chi connectivity index (χ1n) is 13.4. The van der Waals surface area contributed by atoms with Crippen LogP contribution in [0.4, 0.5) is 4.39 Å². The Morgan fingerprint density at radius 2 is 1.62 bits per heavy atom. The van der Waals surface area contributed by atoms with E-state index >= 15 is 0 Å². The highest BCUT2D eigenvalue weighted by Crippen LogP contribution is 2.28. The summed E-state index contributed by atoms with van der Waals surface area (Å²) in [6.45, 7) is 6.98. The second-order valence-corrected chi connectivity index (χ2v) is 10.7. The minimum absolute atomic E-state index is 0.00436. The van der Waals surface area contributed by atoms with Gasteiger partial charge in [0.2, 0.25) is 17.7 Å². The minimum Gasteiger partial charge on any atom is -0.343 e. The molecule has 2 fully saturated rings. The Morgan fingerprint density at radius 1 is 0.973 bits per heavy atom. The summed E-state index contributed by atoms with van der Waals surface area (Å²) < 4.78 is 14.6. The minimum atomic E-state index is -1.24. The van der Waals surface area contributed by atoms with Gasteiger partial charge in [0.1, 0.15) is 12.2 Å². The van der Waals surface area contributed by atoms with Gasteiger partial charge < -0.3 is 15.1 Å². The Kier molecular flexibility index (Phi) is 8.62. The average Bonchev–Trinajstić information content (AvgIpc) is 3.30. The number of carbonyl (C=O) groups excluding carboxylic acids is 3. The van der Waals surface area contributed by atoms with Gasteiger partial charge in [0.25, 0.3) is 0 Å². The lowest BCUT2D eigenvalue weighted by Crippen LogP contribution is -2.48. The number of halogens is 1. The van der Waals surface area contributed by atoms with E-state index < -0.39 is 18.3 Å². The van der Waals surface area contributed by atoms with Crippen LogP contribution in [-0.4, -0.2) is 59.4 Å². The molecule has 0 aliphatic carbocycles. The molecule has 4 atom stereocenters. The van der Waals surface area contributed by atoms with Crippen LogP contribution in [0.1, 0.15) is 75.1 Å². The SMILES string of the molecule is CC(=O)N1CCCC(CC(=O)N2CC(F)CC2C(=O)NC(c2ccccc2)c2ccc(C(C)C)cc2)C1. The number of nitrogens with one attached hydrogen (secondary N) is 1. The van der Waals surface area contributed by atoms with E-state index in [1.165, 1.54) is 17.4 Å². The quantitative estimate of drug-likeness (QED) is 0.595. The summed E-state index contributed by atoms with van der Waals surface area (Å²) in [4.78, 5) is 41.8. The van der Waals surface area contributed by atoms with Crippen LogP contribution < -0.4 is 5.32 Å². The van der Waals surface area contributed by atoms with Gasteiger partial charge in [0.05, 0.1) is 12.6 Å². The molecule has 198 valence electrons. The number of rotatable bonds is 7. The second-order valence-electron chi connectivity index (χ2n) is 10.7. The number of piperidine rings is 1. The number of benzene rings is 2. The zero-order valence-corrected chi connectivity index (χ0v) is 22.0. The van der Waals surface area contributed by atoms with E-state index in [0.29, 0.717) is 19.0 Å². The summed E-state index contributed by atoms with van der Waals surface area (Å²) in [6, 6.07) is 16.6. The molecule has 0 bridgehead atoms. The molecule has 4 rings (SSSR count). The van der Waals surface area contributed by atoms with Crippen LogP contribution in [0.3, 0.4) is 0 Å². The number of carbonyl (C=O) groups is 3. The Labute approximate surface area is 219 Å². The molecular weight excluding hydrogens is 469 g/mol. The van der Waals surface area contributed by atoms with Crippen molar-refractivity contribution in [3.8, 4) is 0 Å². The lowest BCUT2D eigenvalue weighted by atomic mass is 9.94. The molecule has 0 aromatic heterocycles. The van der Waals surface area contributed by atoms with Crippen LogP contribution in [0.5, 0.6) is 0 Å². The van der Waals surface area contributed by atoms with Crippen LogP contribution in [-0.2, 0) is 14.4 Å². The zero-order chi connectivity index (χ0) is 26.5. The second kappa shape index (κ2) is 11.9. The van der Waals surface area contributed by atoms with Crippen LogP contribution >= 0.6 is 0 Å². The lowest BCUT2D eigenvalue weighted by Gasteiger charge is -2.33. The van der Waals surface area contributed by atoms with Crippen molar-refractivity contribution in [2.75, 3.05) is 19.6 Å². The van der Waals surface area contributed by atoms with Crippen molar-refractivity contribution in [1.29, 1.82) is 0 Å². The Bertz CT molecular complexity index is 1090.